The van der Waals surface area contributed by atoms with Gasteiger partial charge < -0.3 is 0 Å². The van der Waals surface area contributed by atoms with Gasteiger partial charge >= 0.3 is 0 Å². The van der Waals surface area contributed by atoms with Crippen LogP contribution in [0.3, 0.4) is 0 Å². The van der Waals surface area contributed by atoms with Crippen LogP contribution >= 0.6 is 11.6 Å². The summed E-state index contributed by atoms with van der Waals surface area (Å²) in [5.74, 6) is 1.03. The van der Waals surface area contributed by atoms with Gasteiger partial charge in [-0.3, -0.25) is 9.55 Å². The third-order valence-electron chi connectivity index (χ3n) is 3.01. The third kappa shape index (κ3) is 3.22. The zero-order chi connectivity index (χ0) is 14.7. The van der Waals surface area contributed by atoms with Gasteiger partial charge in [0, 0.05) is 24.3 Å². The molecule has 0 amide bonds. The number of hydrogen-bond acceptors (Lipinski definition) is 5. The lowest BCUT2D eigenvalue weighted by Gasteiger charge is -2.05. The molecule has 7 heteroatoms. The van der Waals surface area contributed by atoms with Gasteiger partial charge in [0.25, 0.3) is 0 Å². The Balaban J connectivity index is 1.88. The van der Waals surface area contributed by atoms with Gasteiger partial charge in [0.05, 0.1) is 6.42 Å². The lowest BCUT2D eigenvalue weighted by atomic mass is 10.2. The average Bonchev–Trinajstić information content (AvgIpc) is 3.02. The van der Waals surface area contributed by atoms with E-state index in [4.69, 9.17) is 11.6 Å². The summed E-state index contributed by atoms with van der Waals surface area (Å²) < 4.78 is 1.69. The van der Waals surface area contributed by atoms with Crippen molar-refractivity contribution in [2.75, 3.05) is 0 Å². The Kier molecular flexibility index (Phi) is 3.87. The summed E-state index contributed by atoms with van der Waals surface area (Å²) in [5, 5.41) is 0.161. The Morgan fingerprint density at radius 1 is 1.19 bits per heavy atom. The average molecular weight is 301 g/mol. The lowest BCUT2D eigenvalue weighted by Crippen LogP contribution is -2.06. The van der Waals surface area contributed by atoms with Crippen LogP contribution in [-0.2, 0) is 12.8 Å². The molecule has 0 aromatic carbocycles. The summed E-state index contributed by atoms with van der Waals surface area (Å²) in [4.78, 5) is 21.0. The molecule has 6 nitrogen and oxygen atoms in total. The first-order valence-corrected chi connectivity index (χ1v) is 6.95. The van der Waals surface area contributed by atoms with Crippen LogP contribution in [0.2, 0.25) is 5.28 Å². The summed E-state index contributed by atoms with van der Waals surface area (Å²) in [6.07, 6.45) is 8.37. The van der Waals surface area contributed by atoms with Crippen LogP contribution < -0.4 is 0 Å². The molecule has 0 N–H and O–H groups in total. The van der Waals surface area contributed by atoms with Crippen LogP contribution in [0.4, 0.5) is 0 Å². The molecule has 3 heterocycles. The van der Waals surface area contributed by atoms with Crippen LogP contribution in [0.1, 0.15) is 24.0 Å². The molecule has 3 aromatic heterocycles. The minimum Gasteiger partial charge on any atom is -0.274 e. The van der Waals surface area contributed by atoms with Gasteiger partial charge in [-0.2, -0.15) is 9.97 Å². The number of halogens is 1. The summed E-state index contributed by atoms with van der Waals surface area (Å²) in [6, 6.07) is 4.04. The van der Waals surface area contributed by atoms with E-state index in [0.717, 1.165) is 12.1 Å². The fourth-order valence-corrected chi connectivity index (χ4v) is 2.06. The molecular weight excluding hydrogens is 288 g/mol. The molecular formula is C14H13ClN6. The Labute approximate surface area is 126 Å². The van der Waals surface area contributed by atoms with Crippen molar-refractivity contribution in [1.82, 2.24) is 29.5 Å². The van der Waals surface area contributed by atoms with Crippen molar-refractivity contribution >= 4 is 11.6 Å². The van der Waals surface area contributed by atoms with Crippen molar-refractivity contribution in [2.24, 2.45) is 0 Å². The molecule has 0 aliphatic carbocycles. The first kappa shape index (κ1) is 13.6. The molecule has 3 aromatic rings. The Morgan fingerprint density at radius 2 is 2.10 bits per heavy atom. The number of nitrogens with zero attached hydrogens (tertiary/aromatic N) is 6. The van der Waals surface area contributed by atoms with E-state index in [0.29, 0.717) is 18.2 Å². The molecule has 0 bridgehead atoms. The van der Waals surface area contributed by atoms with Gasteiger partial charge in [-0.1, -0.05) is 13.0 Å². The summed E-state index contributed by atoms with van der Waals surface area (Å²) in [5.41, 5.74) is 2.09. The van der Waals surface area contributed by atoms with Crippen LogP contribution in [-0.4, -0.2) is 29.5 Å². The van der Waals surface area contributed by atoms with E-state index >= 15 is 0 Å². The molecule has 0 saturated carbocycles. The van der Waals surface area contributed by atoms with Crippen molar-refractivity contribution in [2.45, 2.75) is 19.8 Å². The number of pyridine rings is 1. The summed E-state index contributed by atoms with van der Waals surface area (Å²) in [6.45, 7) is 2.10. The highest BCUT2D eigenvalue weighted by molar-refractivity contribution is 6.28. The molecule has 0 fully saturated rings. The maximum atomic E-state index is 5.96. The number of aromatic nitrogens is 6. The van der Waals surface area contributed by atoms with Crippen LogP contribution in [0.5, 0.6) is 0 Å². The number of imidazole rings is 1. The Hall–Kier alpha value is -2.34. The third-order valence-corrected chi connectivity index (χ3v) is 3.18. The Bertz CT molecular complexity index is 724. The van der Waals surface area contributed by atoms with Crippen molar-refractivity contribution in [3.63, 3.8) is 0 Å². The second-order valence-corrected chi connectivity index (χ2v) is 4.82. The number of aryl methyl sites for hydroxylation is 1. The Morgan fingerprint density at radius 3 is 2.76 bits per heavy atom. The zero-order valence-corrected chi connectivity index (χ0v) is 12.2. The predicted octanol–water partition coefficient (Wildman–Crippen LogP) is 2.26. The van der Waals surface area contributed by atoms with Crippen molar-refractivity contribution in [1.29, 1.82) is 0 Å². The normalized spacial score (nSPS) is 10.8. The van der Waals surface area contributed by atoms with E-state index in [1.54, 1.807) is 23.3 Å². The molecule has 0 spiro atoms. The highest BCUT2D eigenvalue weighted by atomic mass is 35.5. The smallest absolute Gasteiger partial charge is 0.239 e. The quantitative estimate of drug-likeness (QED) is 0.739. The zero-order valence-electron chi connectivity index (χ0n) is 11.4. The van der Waals surface area contributed by atoms with E-state index in [-0.39, 0.29) is 5.28 Å². The SMILES string of the molecule is CCc1ccc(Cc2nc(Cl)nc(-n3ccnc3)n2)nc1. The second-order valence-electron chi connectivity index (χ2n) is 4.48. The van der Waals surface area contributed by atoms with Crippen LogP contribution in [0.25, 0.3) is 5.95 Å². The monoisotopic (exact) mass is 300 g/mol. The standard InChI is InChI=1S/C14H13ClN6/c1-2-10-3-4-11(17-8-10)7-12-18-13(15)20-14(19-12)21-6-5-16-9-21/h3-6,8-9H,2,7H2,1H3. The molecule has 0 unspecified atom stereocenters. The summed E-state index contributed by atoms with van der Waals surface area (Å²) >= 11 is 5.96. The first-order valence-electron chi connectivity index (χ1n) is 6.57. The molecule has 0 atom stereocenters. The van der Waals surface area contributed by atoms with Gasteiger partial charge in [-0.15, -0.1) is 0 Å². The predicted molar refractivity (Wildman–Crippen MR) is 78.4 cm³/mol. The van der Waals surface area contributed by atoms with Gasteiger partial charge in [0.15, 0.2) is 0 Å². The van der Waals surface area contributed by atoms with Crippen molar-refractivity contribution in [3.8, 4) is 5.95 Å². The van der Waals surface area contributed by atoms with Gasteiger partial charge in [0.1, 0.15) is 12.2 Å². The maximum Gasteiger partial charge on any atom is 0.239 e. The van der Waals surface area contributed by atoms with E-state index in [1.165, 1.54) is 5.56 Å². The molecule has 21 heavy (non-hydrogen) atoms. The molecule has 106 valence electrons. The number of rotatable bonds is 4. The van der Waals surface area contributed by atoms with Crippen molar-refractivity contribution in [3.05, 3.63) is 59.4 Å². The molecule has 3 rings (SSSR count). The highest BCUT2D eigenvalue weighted by Crippen LogP contribution is 2.10. The first-order chi connectivity index (χ1) is 10.2. The molecule has 0 saturated heterocycles. The summed E-state index contributed by atoms with van der Waals surface area (Å²) in [7, 11) is 0. The van der Waals surface area contributed by atoms with Crippen molar-refractivity contribution < 1.29 is 0 Å². The van der Waals surface area contributed by atoms with E-state index in [2.05, 4.69) is 37.9 Å². The molecule has 0 aliphatic rings. The molecule has 0 radical (unpaired) electrons. The van der Waals surface area contributed by atoms with E-state index in [1.807, 2.05) is 12.3 Å². The minimum absolute atomic E-state index is 0.161. The second kappa shape index (κ2) is 5.97. The largest absolute Gasteiger partial charge is 0.274 e. The van der Waals surface area contributed by atoms with Gasteiger partial charge in [0.2, 0.25) is 11.2 Å². The van der Waals surface area contributed by atoms with Gasteiger partial charge in [-0.25, -0.2) is 9.97 Å². The fraction of sp³-hybridized carbons (Fsp3) is 0.214. The topological polar surface area (TPSA) is 69.4 Å². The lowest BCUT2D eigenvalue weighted by molar-refractivity contribution is 0.833. The van der Waals surface area contributed by atoms with E-state index in [9.17, 15) is 0 Å². The minimum atomic E-state index is 0.161. The van der Waals surface area contributed by atoms with Gasteiger partial charge in [-0.05, 0) is 29.7 Å². The van der Waals surface area contributed by atoms with Crippen LogP contribution in [0, 0.1) is 0 Å². The highest BCUT2D eigenvalue weighted by Gasteiger charge is 2.08. The van der Waals surface area contributed by atoms with Crippen LogP contribution in [0.15, 0.2) is 37.1 Å². The fourth-order valence-electron chi connectivity index (χ4n) is 1.88. The van der Waals surface area contributed by atoms with E-state index < -0.39 is 0 Å². The maximum absolute atomic E-state index is 5.96. The number of hydrogen-bond donors (Lipinski definition) is 0. The molecule has 0 aliphatic heterocycles.